The normalized spacial score (nSPS) is 10.6. The highest BCUT2D eigenvalue weighted by atomic mass is 16.5. The molecule has 0 aliphatic heterocycles. The second-order valence-electron chi connectivity index (χ2n) is 4.85. The molecule has 0 aromatic heterocycles. The van der Waals surface area contributed by atoms with E-state index in [0.717, 1.165) is 5.56 Å². The van der Waals surface area contributed by atoms with Gasteiger partial charge in [-0.1, -0.05) is 32.0 Å². The molecule has 0 atom stereocenters. The van der Waals surface area contributed by atoms with Gasteiger partial charge in [-0.05, 0) is 35.7 Å². The SMILES string of the molecule is CC(C)c1cccc(Oc2cccc(C(=O)O)c2N)c1. The maximum atomic E-state index is 11.0. The van der Waals surface area contributed by atoms with Crippen molar-refractivity contribution in [2.45, 2.75) is 19.8 Å². The fourth-order valence-corrected chi connectivity index (χ4v) is 1.88. The van der Waals surface area contributed by atoms with E-state index >= 15 is 0 Å². The minimum atomic E-state index is -1.07. The van der Waals surface area contributed by atoms with E-state index in [0.29, 0.717) is 17.4 Å². The number of benzene rings is 2. The molecule has 0 saturated heterocycles. The highest BCUT2D eigenvalue weighted by molar-refractivity contribution is 5.95. The molecule has 0 aliphatic carbocycles. The van der Waals surface area contributed by atoms with Crippen LogP contribution in [0.4, 0.5) is 5.69 Å². The minimum absolute atomic E-state index is 0.0440. The molecule has 0 radical (unpaired) electrons. The molecule has 2 aromatic carbocycles. The maximum absolute atomic E-state index is 11.0. The first-order valence-corrected chi connectivity index (χ1v) is 6.38. The summed E-state index contributed by atoms with van der Waals surface area (Å²) in [6.45, 7) is 4.19. The zero-order valence-corrected chi connectivity index (χ0v) is 11.5. The van der Waals surface area contributed by atoms with E-state index in [2.05, 4.69) is 13.8 Å². The quantitative estimate of drug-likeness (QED) is 0.828. The molecule has 20 heavy (non-hydrogen) atoms. The second kappa shape index (κ2) is 5.65. The van der Waals surface area contributed by atoms with Crippen LogP contribution in [0.15, 0.2) is 42.5 Å². The highest BCUT2D eigenvalue weighted by Crippen LogP contribution is 2.31. The Morgan fingerprint density at radius 3 is 2.55 bits per heavy atom. The van der Waals surface area contributed by atoms with E-state index in [1.165, 1.54) is 6.07 Å². The number of rotatable bonds is 4. The Hall–Kier alpha value is -2.49. The van der Waals surface area contributed by atoms with E-state index in [1.54, 1.807) is 12.1 Å². The number of hydrogen-bond acceptors (Lipinski definition) is 3. The molecule has 4 nitrogen and oxygen atoms in total. The van der Waals surface area contributed by atoms with Gasteiger partial charge < -0.3 is 15.6 Å². The Morgan fingerprint density at radius 1 is 1.20 bits per heavy atom. The van der Waals surface area contributed by atoms with Gasteiger partial charge in [0.1, 0.15) is 5.75 Å². The molecule has 0 amide bonds. The number of nitrogens with two attached hydrogens (primary N) is 1. The van der Waals surface area contributed by atoms with Gasteiger partial charge >= 0.3 is 5.97 Å². The van der Waals surface area contributed by atoms with Crippen LogP contribution in [0, 0.1) is 0 Å². The molecule has 0 bridgehead atoms. The number of anilines is 1. The first-order valence-electron chi connectivity index (χ1n) is 6.38. The van der Waals surface area contributed by atoms with Gasteiger partial charge in [-0.25, -0.2) is 4.79 Å². The monoisotopic (exact) mass is 271 g/mol. The topological polar surface area (TPSA) is 72.5 Å². The predicted octanol–water partition coefficient (Wildman–Crippen LogP) is 3.88. The van der Waals surface area contributed by atoms with Crippen molar-refractivity contribution in [3.8, 4) is 11.5 Å². The van der Waals surface area contributed by atoms with Crippen molar-refractivity contribution in [1.29, 1.82) is 0 Å². The summed E-state index contributed by atoms with van der Waals surface area (Å²) in [5, 5.41) is 9.04. The smallest absolute Gasteiger partial charge is 0.337 e. The summed E-state index contributed by atoms with van der Waals surface area (Å²) in [6.07, 6.45) is 0. The summed E-state index contributed by atoms with van der Waals surface area (Å²) in [5.74, 6) is 0.321. The largest absolute Gasteiger partial charge is 0.478 e. The van der Waals surface area contributed by atoms with Crippen LogP contribution < -0.4 is 10.5 Å². The molecule has 4 heteroatoms. The van der Waals surface area contributed by atoms with Gasteiger partial charge in [0.25, 0.3) is 0 Å². The Kier molecular flexibility index (Phi) is 3.94. The number of hydrogen-bond donors (Lipinski definition) is 2. The number of carboxylic acids is 1. The van der Waals surface area contributed by atoms with Crippen LogP contribution in [0.2, 0.25) is 0 Å². The van der Waals surface area contributed by atoms with Gasteiger partial charge in [-0.15, -0.1) is 0 Å². The molecule has 0 saturated carbocycles. The van der Waals surface area contributed by atoms with Crippen LogP contribution >= 0.6 is 0 Å². The van der Waals surface area contributed by atoms with Crippen molar-refractivity contribution >= 4 is 11.7 Å². The minimum Gasteiger partial charge on any atom is -0.478 e. The summed E-state index contributed by atoms with van der Waals surface area (Å²) < 4.78 is 5.70. The van der Waals surface area contributed by atoms with Crippen molar-refractivity contribution in [2.75, 3.05) is 5.73 Å². The van der Waals surface area contributed by atoms with Gasteiger partial charge in [-0.2, -0.15) is 0 Å². The third-order valence-electron chi connectivity index (χ3n) is 3.05. The standard InChI is InChI=1S/C16H17NO3/c1-10(2)11-5-3-6-12(9-11)20-14-8-4-7-13(15(14)17)16(18)19/h3-10H,17H2,1-2H3,(H,18,19). The fraction of sp³-hybridized carbons (Fsp3) is 0.188. The van der Waals surface area contributed by atoms with Crippen molar-refractivity contribution in [3.05, 3.63) is 53.6 Å². The van der Waals surface area contributed by atoms with Crippen molar-refractivity contribution < 1.29 is 14.6 Å². The number of nitrogen functional groups attached to an aromatic ring is 1. The van der Waals surface area contributed by atoms with Gasteiger partial charge in [0.15, 0.2) is 5.75 Å². The Bertz CT molecular complexity index is 635. The molecule has 2 rings (SSSR count). The van der Waals surface area contributed by atoms with Gasteiger partial charge in [0.2, 0.25) is 0 Å². The Labute approximate surface area is 117 Å². The number of carbonyl (C=O) groups is 1. The van der Waals surface area contributed by atoms with Crippen LogP contribution in [0.3, 0.4) is 0 Å². The summed E-state index contributed by atoms with van der Waals surface area (Å²) >= 11 is 0. The van der Waals surface area contributed by atoms with Crippen molar-refractivity contribution in [1.82, 2.24) is 0 Å². The number of aromatic carboxylic acids is 1. The third-order valence-corrected chi connectivity index (χ3v) is 3.05. The predicted molar refractivity (Wildman–Crippen MR) is 78.4 cm³/mol. The van der Waals surface area contributed by atoms with E-state index < -0.39 is 5.97 Å². The fourth-order valence-electron chi connectivity index (χ4n) is 1.88. The molecule has 0 spiro atoms. The molecule has 0 aliphatic rings. The number of para-hydroxylation sites is 1. The number of ether oxygens (including phenoxy) is 1. The van der Waals surface area contributed by atoms with Crippen LogP contribution in [0.5, 0.6) is 11.5 Å². The Morgan fingerprint density at radius 2 is 1.90 bits per heavy atom. The van der Waals surface area contributed by atoms with E-state index in [1.807, 2.05) is 24.3 Å². The average Bonchev–Trinajstić information content (AvgIpc) is 2.41. The zero-order chi connectivity index (χ0) is 14.7. The molecule has 3 N–H and O–H groups in total. The van der Waals surface area contributed by atoms with E-state index in [4.69, 9.17) is 15.6 Å². The van der Waals surface area contributed by atoms with E-state index in [9.17, 15) is 4.79 Å². The lowest BCUT2D eigenvalue weighted by Crippen LogP contribution is -2.03. The summed E-state index contributed by atoms with van der Waals surface area (Å²) in [7, 11) is 0. The van der Waals surface area contributed by atoms with Crippen molar-refractivity contribution in [3.63, 3.8) is 0 Å². The van der Waals surface area contributed by atoms with E-state index in [-0.39, 0.29) is 11.3 Å². The first-order chi connectivity index (χ1) is 9.49. The summed E-state index contributed by atoms with van der Waals surface area (Å²) in [6, 6.07) is 12.4. The Balaban J connectivity index is 2.33. The van der Waals surface area contributed by atoms with Crippen LogP contribution in [-0.4, -0.2) is 11.1 Å². The zero-order valence-electron chi connectivity index (χ0n) is 11.5. The summed E-state index contributed by atoms with van der Waals surface area (Å²) in [5.41, 5.74) is 7.15. The lowest BCUT2D eigenvalue weighted by Gasteiger charge is -2.12. The van der Waals surface area contributed by atoms with Gasteiger partial charge in [-0.3, -0.25) is 0 Å². The number of carboxylic acid groups (broad SMARTS) is 1. The molecule has 0 fully saturated rings. The maximum Gasteiger partial charge on any atom is 0.337 e. The van der Waals surface area contributed by atoms with Crippen LogP contribution in [-0.2, 0) is 0 Å². The molecule has 104 valence electrons. The highest BCUT2D eigenvalue weighted by Gasteiger charge is 2.12. The molecular formula is C16H17NO3. The molecule has 0 heterocycles. The van der Waals surface area contributed by atoms with Crippen molar-refractivity contribution in [2.24, 2.45) is 0 Å². The second-order valence-corrected chi connectivity index (χ2v) is 4.85. The first kappa shape index (κ1) is 13.9. The lowest BCUT2D eigenvalue weighted by molar-refractivity contribution is 0.0697. The lowest BCUT2D eigenvalue weighted by atomic mass is 10.0. The average molecular weight is 271 g/mol. The molecule has 2 aromatic rings. The van der Waals surface area contributed by atoms with Gasteiger partial charge in [0.05, 0.1) is 11.3 Å². The van der Waals surface area contributed by atoms with Crippen LogP contribution in [0.25, 0.3) is 0 Å². The van der Waals surface area contributed by atoms with Crippen LogP contribution in [0.1, 0.15) is 35.7 Å². The summed E-state index contributed by atoms with van der Waals surface area (Å²) in [4.78, 5) is 11.0. The third kappa shape index (κ3) is 2.91. The molecular weight excluding hydrogens is 254 g/mol. The molecule has 0 unspecified atom stereocenters. The van der Waals surface area contributed by atoms with Gasteiger partial charge in [0, 0.05) is 0 Å².